The monoisotopic (exact) mass is 483 g/mol. The lowest BCUT2D eigenvalue weighted by atomic mass is 10.1. The van der Waals surface area contributed by atoms with Crippen LogP contribution in [0.3, 0.4) is 0 Å². The van der Waals surface area contributed by atoms with Crippen LogP contribution in [0.2, 0.25) is 0 Å². The first kappa shape index (κ1) is 22.5. The number of guanidine groups is 1. The second-order valence-electron chi connectivity index (χ2n) is 6.14. The van der Waals surface area contributed by atoms with Crippen LogP contribution in [-0.2, 0) is 11.3 Å². The largest absolute Gasteiger partial charge is 0.371 e. The van der Waals surface area contributed by atoms with Gasteiger partial charge >= 0.3 is 0 Å². The lowest BCUT2D eigenvalue weighted by molar-refractivity contribution is 0.0683. The molecule has 2 heterocycles. The fourth-order valence-corrected chi connectivity index (χ4v) is 3.89. The number of hydrogen-bond donors (Lipinski definition) is 1. The summed E-state index contributed by atoms with van der Waals surface area (Å²) in [7, 11) is 1.81. The van der Waals surface area contributed by atoms with Gasteiger partial charge in [0.25, 0.3) is 0 Å². The molecule has 0 aliphatic carbocycles. The molecule has 2 atom stereocenters. The number of halogens is 1. The number of nitrogens with one attached hydrogen (secondary N) is 1. The molecule has 1 N–H and O–H groups in total. The first-order valence-corrected chi connectivity index (χ1v) is 9.61. The standard InChI is InChI=1S/C16H29N5O2S.HI/c1-6-22-12(4)15-19-14(23-20-15)9-18-16(17-5)21-7-8-24-13(10-21)11(2)3;/h11-13H,6-10H2,1-5H3,(H,17,18);1H. The lowest BCUT2D eigenvalue weighted by Crippen LogP contribution is -2.48. The van der Waals surface area contributed by atoms with E-state index >= 15 is 0 Å². The van der Waals surface area contributed by atoms with Crippen LogP contribution in [0.4, 0.5) is 0 Å². The summed E-state index contributed by atoms with van der Waals surface area (Å²) in [5.74, 6) is 3.80. The van der Waals surface area contributed by atoms with Gasteiger partial charge in [-0.2, -0.15) is 16.7 Å². The maximum atomic E-state index is 5.48. The number of rotatable bonds is 6. The normalized spacial score (nSPS) is 19.7. The second-order valence-corrected chi connectivity index (χ2v) is 7.49. The number of nitrogens with zero attached hydrogens (tertiary/aromatic N) is 4. The Hall–Kier alpha value is -0.550. The molecule has 0 spiro atoms. The van der Waals surface area contributed by atoms with E-state index in [1.54, 1.807) is 0 Å². The predicted molar refractivity (Wildman–Crippen MR) is 113 cm³/mol. The summed E-state index contributed by atoms with van der Waals surface area (Å²) in [6, 6.07) is 0. The van der Waals surface area contributed by atoms with E-state index in [9.17, 15) is 0 Å². The highest BCUT2D eigenvalue weighted by Gasteiger charge is 2.25. The van der Waals surface area contributed by atoms with Gasteiger partial charge in [-0.15, -0.1) is 24.0 Å². The molecular formula is C16H30IN5O2S. The minimum atomic E-state index is -0.155. The van der Waals surface area contributed by atoms with Gasteiger partial charge in [0.2, 0.25) is 5.89 Å². The van der Waals surface area contributed by atoms with Crippen LogP contribution in [0.15, 0.2) is 9.52 Å². The van der Waals surface area contributed by atoms with Gasteiger partial charge in [-0.1, -0.05) is 19.0 Å². The van der Waals surface area contributed by atoms with Gasteiger partial charge in [-0.3, -0.25) is 4.99 Å². The first-order valence-electron chi connectivity index (χ1n) is 8.56. The highest BCUT2D eigenvalue weighted by Crippen LogP contribution is 2.24. The topological polar surface area (TPSA) is 75.8 Å². The summed E-state index contributed by atoms with van der Waals surface area (Å²) in [6.07, 6.45) is -0.155. The molecule has 1 aromatic rings. The van der Waals surface area contributed by atoms with Crippen molar-refractivity contribution in [1.82, 2.24) is 20.4 Å². The number of thioether (sulfide) groups is 1. The van der Waals surface area contributed by atoms with E-state index in [1.807, 2.05) is 32.7 Å². The zero-order valence-electron chi connectivity index (χ0n) is 15.7. The minimum absolute atomic E-state index is 0. The van der Waals surface area contributed by atoms with E-state index in [0.29, 0.717) is 36.0 Å². The molecule has 0 amide bonds. The average Bonchev–Trinajstić information content (AvgIpc) is 3.05. The smallest absolute Gasteiger partial charge is 0.246 e. The molecule has 2 rings (SSSR count). The third kappa shape index (κ3) is 6.59. The van der Waals surface area contributed by atoms with Crippen molar-refractivity contribution in [3.05, 3.63) is 11.7 Å². The minimum Gasteiger partial charge on any atom is -0.371 e. The molecule has 0 radical (unpaired) electrons. The number of hydrogen-bond acceptors (Lipinski definition) is 6. The van der Waals surface area contributed by atoms with Gasteiger partial charge in [0.1, 0.15) is 6.10 Å². The van der Waals surface area contributed by atoms with Crippen LogP contribution in [0, 0.1) is 5.92 Å². The highest BCUT2D eigenvalue weighted by molar-refractivity contribution is 14.0. The Morgan fingerprint density at radius 3 is 2.88 bits per heavy atom. The third-order valence-electron chi connectivity index (χ3n) is 4.01. The molecule has 2 unspecified atom stereocenters. The Bertz CT molecular complexity index is 540. The third-order valence-corrected chi connectivity index (χ3v) is 5.55. The van der Waals surface area contributed by atoms with Crippen molar-refractivity contribution in [2.24, 2.45) is 10.9 Å². The molecule has 0 aromatic carbocycles. The summed E-state index contributed by atoms with van der Waals surface area (Å²) < 4.78 is 10.8. The molecule has 0 bridgehead atoms. The van der Waals surface area contributed by atoms with E-state index in [4.69, 9.17) is 9.26 Å². The molecule has 1 aromatic heterocycles. The number of ether oxygens (including phenoxy) is 1. The molecule has 9 heteroatoms. The molecule has 25 heavy (non-hydrogen) atoms. The van der Waals surface area contributed by atoms with Gasteiger partial charge in [0.15, 0.2) is 11.8 Å². The number of aromatic nitrogens is 2. The van der Waals surface area contributed by atoms with Gasteiger partial charge in [0, 0.05) is 37.7 Å². The molecule has 7 nitrogen and oxygen atoms in total. The van der Waals surface area contributed by atoms with Crippen LogP contribution in [-0.4, -0.2) is 58.7 Å². The maximum Gasteiger partial charge on any atom is 0.246 e. The van der Waals surface area contributed by atoms with Crippen molar-refractivity contribution >= 4 is 41.7 Å². The first-order chi connectivity index (χ1) is 11.5. The van der Waals surface area contributed by atoms with Gasteiger partial charge in [-0.05, 0) is 19.8 Å². The van der Waals surface area contributed by atoms with Crippen molar-refractivity contribution in [3.8, 4) is 0 Å². The zero-order valence-corrected chi connectivity index (χ0v) is 18.8. The van der Waals surface area contributed by atoms with Gasteiger partial charge in [-0.25, -0.2) is 0 Å². The molecular weight excluding hydrogens is 453 g/mol. The van der Waals surface area contributed by atoms with Gasteiger partial charge < -0.3 is 19.5 Å². The Balaban J connectivity index is 0.00000312. The fourth-order valence-electron chi connectivity index (χ4n) is 2.59. The second kappa shape index (κ2) is 11.2. The van der Waals surface area contributed by atoms with E-state index in [1.165, 1.54) is 0 Å². The Morgan fingerprint density at radius 2 is 2.24 bits per heavy atom. The van der Waals surface area contributed by atoms with Crippen LogP contribution >= 0.6 is 35.7 Å². The predicted octanol–water partition coefficient (Wildman–Crippen LogP) is 2.93. The molecule has 1 fully saturated rings. The maximum absolute atomic E-state index is 5.48. The molecule has 1 aliphatic heterocycles. The van der Waals surface area contributed by atoms with Crippen LogP contribution < -0.4 is 5.32 Å². The lowest BCUT2D eigenvalue weighted by Gasteiger charge is -2.36. The van der Waals surface area contributed by atoms with Crippen LogP contribution in [0.25, 0.3) is 0 Å². The van der Waals surface area contributed by atoms with Crippen molar-refractivity contribution < 1.29 is 9.26 Å². The van der Waals surface area contributed by atoms with Crippen molar-refractivity contribution in [2.45, 2.75) is 45.6 Å². The van der Waals surface area contributed by atoms with E-state index in [-0.39, 0.29) is 30.1 Å². The molecule has 1 aliphatic rings. The average molecular weight is 483 g/mol. The Morgan fingerprint density at radius 1 is 1.48 bits per heavy atom. The van der Waals surface area contributed by atoms with Crippen LogP contribution in [0.5, 0.6) is 0 Å². The van der Waals surface area contributed by atoms with Crippen molar-refractivity contribution in [2.75, 3.05) is 32.5 Å². The summed E-state index contributed by atoms with van der Waals surface area (Å²) >= 11 is 2.05. The fraction of sp³-hybridized carbons (Fsp3) is 0.812. The van der Waals surface area contributed by atoms with E-state index < -0.39 is 0 Å². The summed E-state index contributed by atoms with van der Waals surface area (Å²) in [6.45, 7) is 11.5. The van der Waals surface area contributed by atoms with Crippen molar-refractivity contribution in [1.29, 1.82) is 0 Å². The zero-order chi connectivity index (χ0) is 17.5. The molecule has 0 saturated carbocycles. The van der Waals surface area contributed by atoms with Gasteiger partial charge in [0.05, 0.1) is 6.54 Å². The summed E-state index contributed by atoms with van der Waals surface area (Å²) in [4.78, 5) is 11.1. The summed E-state index contributed by atoms with van der Waals surface area (Å²) in [5, 5.41) is 7.95. The Kier molecular flexibility index (Phi) is 10.1. The van der Waals surface area contributed by atoms with E-state index in [0.717, 1.165) is 24.8 Å². The SMILES string of the molecule is CCOC(C)c1noc(CNC(=NC)N2CCSC(C(C)C)C2)n1.I. The molecule has 1 saturated heterocycles. The number of aliphatic imine (C=N–C) groups is 1. The highest BCUT2D eigenvalue weighted by atomic mass is 127. The Labute approximate surface area is 171 Å². The molecule has 144 valence electrons. The summed E-state index contributed by atoms with van der Waals surface area (Å²) in [5.41, 5.74) is 0. The quantitative estimate of drug-likeness (QED) is 0.379. The van der Waals surface area contributed by atoms with Crippen molar-refractivity contribution in [3.63, 3.8) is 0 Å². The van der Waals surface area contributed by atoms with E-state index in [2.05, 4.69) is 39.2 Å². The van der Waals surface area contributed by atoms with Crippen LogP contribution in [0.1, 0.15) is 45.5 Å².